The summed E-state index contributed by atoms with van der Waals surface area (Å²) in [6.45, 7) is 0. The minimum Gasteiger partial charge on any atom is -0.489 e. The standard InChI is InChI=1S/C18H28FNO/c19-15-11-13-16(14-12-15)21-18-10-8-6-4-2-1-3-5-7-9-17(18)20/h11-14,17-18H,1-10,20H2. The van der Waals surface area contributed by atoms with E-state index in [9.17, 15) is 4.39 Å². The normalized spacial score (nSPS) is 25.6. The maximum Gasteiger partial charge on any atom is 0.123 e. The number of halogens is 1. The van der Waals surface area contributed by atoms with Gasteiger partial charge in [0.1, 0.15) is 17.7 Å². The molecule has 2 unspecified atom stereocenters. The number of hydrogen-bond acceptors (Lipinski definition) is 2. The molecule has 0 aromatic heterocycles. The Morgan fingerprint density at radius 3 is 1.95 bits per heavy atom. The van der Waals surface area contributed by atoms with Gasteiger partial charge in [0.2, 0.25) is 0 Å². The highest BCUT2D eigenvalue weighted by Crippen LogP contribution is 2.21. The number of rotatable bonds is 2. The molecule has 1 saturated carbocycles. The molecule has 1 aromatic carbocycles. The van der Waals surface area contributed by atoms with Crippen LogP contribution >= 0.6 is 0 Å². The fraction of sp³-hybridized carbons (Fsp3) is 0.667. The molecule has 1 aliphatic carbocycles. The van der Waals surface area contributed by atoms with Gasteiger partial charge in [-0.1, -0.05) is 44.9 Å². The molecule has 21 heavy (non-hydrogen) atoms. The first kappa shape index (κ1) is 16.3. The summed E-state index contributed by atoms with van der Waals surface area (Å²) >= 11 is 0. The monoisotopic (exact) mass is 293 g/mol. The third kappa shape index (κ3) is 6.04. The van der Waals surface area contributed by atoms with E-state index in [1.54, 1.807) is 12.1 Å². The smallest absolute Gasteiger partial charge is 0.123 e. The highest BCUT2D eigenvalue weighted by molar-refractivity contribution is 5.22. The van der Waals surface area contributed by atoms with E-state index in [1.807, 2.05) is 0 Å². The van der Waals surface area contributed by atoms with Crippen molar-refractivity contribution in [1.29, 1.82) is 0 Å². The zero-order valence-electron chi connectivity index (χ0n) is 12.9. The Morgan fingerprint density at radius 2 is 1.33 bits per heavy atom. The Labute approximate surface area is 127 Å². The second-order valence-corrected chi connectivity index (χ2v) is 6.18. The van der Waals surface area contributed by atoms with Crippen LogP contribution in [0.15, 0.2) is 24.3 Å². The molecule has 2 N–H and O–H groups in total. The van der Waals surface area contributed by atoms with Crippen LogP contribution in [0.1, 0.15) is 64.2 Å². The third-order valence-corrected chi connectivity index (χ3v) is 4.35. The average Bonchev–Trinajstić information content (AvgIpc) is 2.48. The van der Waals surface area contributed by atoms with E-state index in [0.717, 1.165) is 18.6 Å². The van der Waals surface area contributed by atoms with Gasteiger partial charge in [0.05, 0.1) is 0 Å². The van der Waals surface area contributed by atoms with E-state index in [0.29, 0.717) is 0 Å². The van der Waals surface area contributed by atoms with Crippen molar-refractivity contribution in [2.75, 3.05) is 0 Å². The molecule has 2 atom stereocenters. The topological polar surface area (TPSA) is 35.2 Å². The van der Waals surface area contributed by atoms with Gasteiger partial charge in [-0.25, -0.2) is 4.39 Å². The third-order valence-electron chi connectivity index (χ3n) is 4.35. The van der Waals surface area contributed by atoms with E-state index in [-0.39, 0.29) is 18.0 Å². The van der Waals surface area contributed by atoms with Gasteiger partial charge in [0, 0.05) is 6.04 Å². The number of nitrogens with two attached hydrogens (primary N) is 1. The molecule has 2 nitrogen and oxygen atoms in total. The van der Waals surface area contributed by atoms with E-state index < -0.39 is 0 Å². The van der Waals surface area contributed by atoms with Gasteiger partial charge in [0.25, 0.3) is 0 Å². The van der Waals surface area contributed by atoms with Crippen molar-refractivity contribution >= 4 is 0 Å². The summed E-state index contributed by atoms with van der Waals surface area (Å²) in [7, 11) is 0. The van der Waals surface area contributed by atoms with Crippen molar-refractivity contribution < 1.29 is 9.13 Å². The van der Waals surface area contributed by atoms with E-state index in [1.165, 1.54) is 63.5 Å². The van der Waals surface area contributed by atoms with Gasteiger partial charge in [-0.3, -0.25) is 0 Å². The molecule has 1 aromatic rings. The predicted molar refractivity (Wildman–Crippen MR) is 85.0 cm³/mol. The molecule has 0 saturated heterocycles. The molecule has 0 aliphatic heterocycles. The Bertz CT molecular complexity index is 393. The summed E-state index contributed by atoms with van der Waals surface area (Å²) in [5, 5.41) is 0. The second kappa shape index (κ2) is 9.04. The van der Waals surface area contributed by atoms with Crippen molar-refractivity contribution in [1.82, 2.24) is 0 Å². The number of hydrogen-bond donors (Lipinski definition) is 1. The van der Waals surface area contributed by atoms with Crippen molar-refractivity contribution in [2.24, 2.45) is 5.73 Å². The van der Waals surface area contributed by atoms with Gasteiger partial charge in [-0.2, -0.15) is 0 Å². The van der Waals surface area contributed by atoms with Crippen LogP contribution in [0.2, 0.25) is 0 Å². The minimum absolute atomic E-state index is 0.0508. The molecular formula is C18H28FNO. The van der Waals surface area contributed by atoms with Crippen LogP contribution in [0.25, 0.3) is 0 Å². The predicted octanol–water partition coefficient (Wildman–Crippen LogP) is 4.82. The summed E-state index contributed by atoms with van der Waals surface area (Å²) in [5.74, 6) is 0.495. The lowest BCUT2D eigenvalue weighted by molar-refractivity contribution is 0.150. The number of benzene rings is 1. The Balaban J connectivity index is 1.92. The molecule has 1 aliphatic rings. The highest BCUT2D eigenvalue weighted by Gasteiger charge is 2.19. The van der Waals surface area contributed by atoms with Crippen LogP contribution < -0.4 is 10.5 Å². The zero-order valence-corrected chi connectivity index (χ0v) is 12.9. The molecule has 1 fully saturated rings. The summed E-state index contributed by atoms with van der Waals surface area (Å²) in [6.07, 6.45) is 12.3. The van der Waals surface area contributed by atoms with Gasteiger partial charge >= 0.3 is 0 Å². The molecule has 0 radical (unpaired) electrons. The lowest BCUT2D eigenvalue weighted by Crippen LogP contribution is -2.39. The first-order valence-electron chi connectivity index (χ1n) is 8.43. The molecule has 3 heteroatoms. The lowest BCUT2D eigenvalue weighted by atomic mass is 9.96. The molecule has 2 rings (SSSR count). The van der Waals surface area contributed by atoms with E-state index >= 15 is 0 Å². The molecule has 0 spiro atoms. The van der Waals surface area contributed by atoms with Crippen LogP contribution in [-0.2, 0) is 0 Å². The van der Waals surface area contributed by atoms with Crippen LogP contribution in [-0.4, -0.2) is 12.1 Å². The van der Waals surface area contributed by atoms with Crippen molar-refractivity contribution in [3.63, 3.8) is 0 Å². The minimum atomic E-state index is -0.231. The summed E-state index contributed by atoms with van der Waals surface area (Å²) in [4.78, 5) is 0. The molecular weight excluding hydrogens is 265 g/mol. The molecule has 118 valence electrons. The lowest BCUT2D eigenvalue weighted by Gasteiger charge is -2.26. The molecule has 0 bridgehead atoms. The van der Waals surface area contributed by atoms with Gasteiger partial charge in [0.15, 0.2) is 0 Å². The zero-order chi connectivity index (χ0) is 14.9. The average molecular weight is 293 g/mol. The summed E-state index contributed by atoms with van der Waals surface area (Å²) < 4.78 is 19.0. The molecule has 0 heterocycles. The van der Waals surface area contributed by atoms with Crippen molar-refractivity contribution in [3.05, 3.63) is 30.1 Å². The van der Waals surface area contributed by atoms with Crippen LogP contribution in [0.3, 0.4) is 0 Å². The van der Waals surface area contributed by atoms with Crippen LogP contribution in [0, 0.1) is 5.82 Å². The van der Waals surface area contributed by atoms with Gasteiger partial charge < -0.3 is 10.5 Å². The largest absolute Gasteiger partial charge is 0.489 e. The van der Waals surface area contributed by atoms with E-state index in [2.05, 4.69) is 0 Å². The van der Waals surface area contributed by atoms with Crippen LogP contribution in [0.4, 0.5) is 4.39 Å². The van der Waals surface area contributed by atoms with Crippen molar-refractivity contribution in [2.45, 2.75) is 76.4 Å². The summed E-state index contributed by atoms with van der Waals surface area (Å²) in [5.41, 5.74) is 6.34. The SMILES string of the molecule is NC1CCCCCCCCCCC1Oc1ccc(F)cc1. The quantitative estimate of drug-likeness (QED) is 0.849. The summed E-state index contributed by atoms with van der Waals surface area (Å²) in [6, 6.07) is 6.34. The number of ether oxygens (including phenoxy) is 1. The van der Waals surface area contributed by atoms with Gasteiger partial charge in [-0.05, 0) is 43.5 Å². The Hall–Kier alpha value is -1.09. The fourth-order valence-electron chi connectivity index (χ4n) is 3.02. The Morgan fingerprint density at radius 1 is 0.810 bits per heavy atom. The maximum atomic E-state index is 13.0. The molecule has 0 amide bonds. The first-order valence-corrected chi connectivity index (χ1v) is 8.43. The van der Waals surface area contributed by atoms with Crippen molar-refractivity contribution in [3.8, 4) is 5.75 Å². The van der Waals surface area contributed by atoms with Crippen LogP contribution in [0.5, 0.6) is 5.75 Å². The second-order valence-electron chi connectivity index (χ2n) is 6.18. The van der Waals surface area contributed by atoms with E-state index in [4.69, 9.17) is 10.5 Å². The first-order chi connectivity index (χ1) is 10.3. The fourth-order valence-corrected chi connectivity index (χ4v) is 3.02. The van der Waals surface area contributed by atoms with Gasteiger partial charge in [-0.15, -0.1) is 0 Å². The Kier molecular flexibility index (Phi) is 7.01. The maximum absolute atomic E-state index is 13.0. The highest BCUT2D eigenvalue weighted by atomic mass is 19.1.